The number of hydrogen-bond acceptors (Lipinski definition) is 4. The molecule has 0 aliphatic heterocycles. The average molecular weight is 197 g/mol. The summed E-state index contributed by atoms with van der Waals surface area (Å²) in [5.74, 6) is 0.793. The molecule has 0 aliphatic carbocycles. The first-order valence-corrected chi connectivity index (χ1v) is 4.58. The Balaban J connectivity index is 2.89. The predicted octanol–water partition coefficient (Wildman–Crippen LogP) is 1.82. The van der Waals surface area contributed by atoms with Crippen LogP contribution in [0.5, 0.6) is 0 Å². The summed E-state index contributed by atoms with van der Waals surface area (Å²) >= 11 is 0. The Bertz CT molecular complexity index is 328. The van der Waals surface area contributed by atoms with Gasteiger partial charge >= 0.3 is 5.97 Å². The molecule has 1 heterocycles. The van der Waals surface area contributed by atoms with Crippen molar-refractivity contribution in [3.8, 4) is 0 Å². The summed E-state index contributed by atoms with van der Waals surface area (Å²) in [6, 6.07) is 0. The number of carbonyl (C=O) groups excluding carboxylic acids is 1. The lowest BCUT2D eigenvalue weighted by Gasteiger charge is -2.18. The SMILES string of the molecule is CCOC(=O)C(C)(C)c1cnc(C)o1. The van der Waals surface area contributed by atoms with Gasteiger partial charge in [-0.05, 0) is 20.8 Å². The number of oxazole rings is 1. The molecule has 0 aromatic carbocycles. The minimum atomic E-state index is -0.767. The molecule has 4 nitrogen and oxygen atoms in total. The minimum absolute atomic E-state index is 0.295. The molecule has 0 unspecified atom stereocenters. The fraction of sp³-hybridized carbons (Fsp3) is 0.600. The molecule has 78 valence electrons. The number of nitrogens with zero attached hydrogens (tertiary/aromatic N) is 1. The van der Waals surface area contributed by atoms with Crippen LogP contribution in [0.25, 0.3) is 0 Å². The van der Waals surface area contributed by atoms with E-state index in [9.17, 15) is 4.79 Å². The smallest absolute Gasteiger partial charge is 0.319 e. The van der Waals surface area contributed by atoms with E-state index in [0.29, 0.717) is 18.3 Å². The largest absolute Gasteiger partial charge is 0.465 e. The molecule has 0 saturated carbocycles. The van der Waals surface area contributed by atoms with Gasteiger partial charge in [0.2, 0.25) is 0 Å². The molecule has 0 spiro atoms. The minimum Gasteiger partial charge on any atom is -0.465 e. The van der Waals surface area contributed by atoms with Gasteiger partial charge in [0.25, 0.3) is 0 Å². The second-order valence-corrected chi connectivity index (χ2v) is 3.59. The zero-order valence-corrected chi connectivity index (χ0v) is 8.96. The lowest BCUT2D eigenvalue weighted by Crippen LogP contribution is -2.30. The van der Waals surface area contributed by atoms with Crippen LogP contribution in [0.15, 0.2) is 10.6 Å². The summed E-state index contributed by atoms with van der Waals surface area (Å²) in [5, 5.41) is 0. The van der Waals surface area contributed by atoms with Gasteiger partial charge in [-0.15, -0.1) is 0 Å². The van der Waals surface area contributed by atoms with Gasteiger partial charge in [-0.1, -0.05) is 0 Å². The fourth-order valence-electron chi connectivity index (χ4n) is 1.06. The normalized spacial score (nSPS) is 11.4. The maximum Gasteiger partial charge on any atom is 0.319 e. The van der Waals surface area contributed by atoms with Crippen LogP contribution < -0.4 is 0 Å². The van der Waals surface area contributed by atoms with E-state index in [-0.39, 0.29) is 5.97 Å². The molecule has 0 saturated heterocycles. The first-order chi connectivity index (χ1) is 6.48. The molecule has 0 atom stereocenters. The monoisotopic (exact) mass is 197 g/mol. The second kappa shape index (κ2) is 3.82. The van der Waals surface area contributed by atoms with Gasteiger partial charge in [0.05, 0.1) is 12.8 Å². The number of hydrogen-bond donors (Lipinski definition) is 0. The van der Waals surface area contributed by atoms with Crippen LogP contribution in [0.3, 0.4) is 0 Å². The number of aryl methyl sites for hydroxylation is 1. The fourth-order valence-corrected chi connectivity index (χ4v) is 1.06. The summed E-state index contributed by atoms with van der Waals surface area (Å²) in [7, 11) is 0. The van der Waals surface area contributed by atoms with Crippen molar-refractivity contribution in [2.24, 2.45) is 0 Å². The van der Waals surface area contributed by atoms with E-state index in [1.165, 1.54) is 0 Å². The Labute approximate surface area is 83.3 Å². The molecular weight excluding hydrogens is 182 g/mol. The van der Waals surface area contributed by atoms with Crippen LogP contribution in [0.4, 0.5) is 0 Å². The third kappa shape index (κ3) is 1.95. The van der Waals surface area contributed by atoms with Crippen molar-refractivity contribution in [1.82, 2.24) is 4.98 Å². The number of ether oxygens (including phenoxy) is 1. The summed E-state index contributed by atoms with van der Waals surface area (Å²) in [4.78, 5) is 15.5. The number of rotatable bonds is 3. The number of carbonyl (C=O) groups is 1. The predicted molar refractivity (Wildman–Crippen MR) is 50.9 cm³/mol. The maximum atomic E-state index is 11.6. The molecule has 0 N–H and O–H groups in total. The summed E-state index contributed by atoms with van der Waals surface area (Å²) < 4.78 is 10.2. The van der Waals surface area contributed by atoms with Gasteiger partial charge in [0.1, 0.15) is 11.2 Å². The van der Waals surface area contributed by atoms with E-state index in [1.54, 1.807) is 33.9 Å². The highest BCUT2D eigenvalue weighted by molar-refractivity contribution is 5.81. The van der Waals surface area contributed by atoms with Crippen molar-refractivity contribution < 1.29 is 13.9 Å². The molecule has 0 aliphatic rings. The maximum absolute atomic E-state index is 11.6. The van der Waals surface area contributed by atoms with Crippen molar-refractivity contribution >= 4 is 5.97 Å². The Morgan fingerprint density at radius 2 is 2.29 bits per heavy atom. The van der Waals surface area contributed by atoms with Gasteiger partial charge in [-0.2, -0.15) is 0 Å². The van der Waals surface area contributed by atoms with Crippen LogP contribution in [-0.2, 0) is 14.9 Å². The second-order valence-electron chi connectivity index (χ2n) is 3.59. The molecule has 14 heavy (non-hydrogen) atoms. The highest BCUT2D eigenvalue weighted by Crippen LogP contribution is 2.25. The quantitative estimate of drug-likeness (QED) is 0.693. The lowest BCUT2D eigenvalue weighted by atomic mass is 9.91. The molecule has 4 heteroatoms. The molecule has 1 aromatic rings. The average Bonchev–Trinajstić information content (AvgIpc) is 2.52. The molecule has 0 amide bonds. The number of aromatic nitrogens is 1. The lowest BCUT2D eigenvalue weighted by molar-refractivity contribution is -0.149. The van der Waals surface area contributed by atoms with Crippen LogP contribution in [0, 0.1) is 6.92 Å². The van der Waals surface area contributed by atoms with Crippen molar-refractivity contribution in [1.29, 1.82) is 0 Å². The zero-order chi connectivity index (χ0) is 10.8. The van der Waals surface area contributed by atoms with Gasteiger partial charge in [0.15, 0.2) is 5.89 Å². The van der Waals surface area contributed by atoms with Crippen LogP contribution in [0.2, 0.25) is 0 Å². The summed E-state index contributed by atoms with van der Waals surface area (Å²) in [6.07, 6.45) is 1.56. The first-order valence-electron chi connectivity index (χ1n) is 4.58. The molecule has 0 bridgehead atoms. The Morgan fingerprint density at radius 3 is 2.71 bits per heavy atom. The van der Waals surface area contributed by atoms with Crippen LogP contribution >= 0.6 is 0 Å². The molecular formula is C10H15NO3. The molecule has 1 rings (SSSR count). The van der Waals surface area contributed by atoms with E-state index in [2.05, 4.69) is 4.98 Å². The third-order valence-electron chi connectivity index (χ3n) is 2.02. The van der Waals surface area contributed by atoms with Gasteiger partial charge in [0, 0.05) is 6.92 Å². The van der Waals surface area contributed by atoms with Crippen molar-refractivity contribution in [3.63, 3.8) is 0 Å². The van der Waals surface area contributed by atoms with E-state index in [0.717, 1.165) is 0 Å². The van der Waals surface area contributed by atoms with Crippen molar-refractivity contribution in [2.45, 2.75) is 33.1 Å². The summed E-state index contributed by atoms with van der Waals surface area (Å²) in [6.45, 7) is 7.40. The molecule has 0 fully saturated rings. The van der Waals surface area contributed by atoms with Crippen LogP contribution in [-0.4, -0.2) is 17.6 Å². The Hall–Kier alpha value is -1.32. The molecule has 0 radical (unpaired) electrons. The van der Waals surface area contributed by atoms with Gasteiger partial charge in [-0.3, -0.25) is 4.79 Å². The van der Waals surface area contributed by atoms with E-state index in [4.69, 9.17) is 9.15 Å². The summed E-state index contributed by atoms with van der Waals surface area (Å²) in [5.41, 5.74) is -0.767. The van der Waals surface area contributed by atoms with Crippen LogP contribution in [0.1, 0.15) is 32.4 Å². The molecule has 1 aromatic heterocycles. The highest BCUT2D eigenvalue weighted by atomic mass is 16.5. The van der Waals surface area contributed by atoms with E-state index in [1.807, 2.05) is 0 Å². The van der Waals surface area contributed by atoms with Crippen molar-refractivity contribution in [3.05, 3.63) is 17.8 Å². The van der Waals surface area contributed by atoms with Crippen molar-refractivity contribution in [2.75, 3.05) is 6.61 Å². The van der Waals surface area contributed by atoms with Gasteiger partial charge in [-0.25, -0.2) is 4.98 Å². The first kappa shape index (κ1) is 10.8. The third-order valence-corrected chi connectivity index (χ3v) is 2.02. The Morgan fingerprint density at radius 1 is 1.64 bits per heavy atom. The van der Waals surface area contributed by atoms with Gasteiger partial charge < -0.3 is 9.15 Å². The standard InChI is InChI=1S/C10H15NO3/c1-5-13-9(12)10(3,4)8-6-11-7(2)14-8/h6H,5H2,1-4H3. The Kier molecular flexibility index (Phi) is 2.93. The topological polar surface area (TPSA) is 52.3 Å². The van der Waals surface area contributed by atoms with E-state index >= 15 is 0 Å². The van der Waals surface area contributed by atoms with E-state index < -0.39 is 5.41 Å². The number of esters is 1. The zero-order valence-electron chi connectivity index (χ0n) is 8.96. The highest BCUT2D eigenvalue weighted by Gasteiger charge is 2.34.